The van der Waals surface area contributed by atoms with Gasteiger partial charge in [-0.3, -0.25) is 4.79 Å². The van der Waals surface area contributed by atoms with Gasteiger partial charge in [0.25, 0.3) is 0 Å². The molecule has 158 valence electrons. The Bertz CT molecular complexity index is 880. The van der Waals surface area contributed by atoms with Gasteiger partial charge in [-0.1, -0.05) is 0 Å². The van der Waals surface area contributed by atoms with Crippen molar-refractivity contribution in [3.05, 3.63) is 36.3 Å². The van der Waals surface area contributed by atoms with Crippen molar-refractivity contribution in [3.63, 3.8) is 0 Å². The largest absolute Gasteiger partial charge is 0.0381 e. The minimum Gasteiger partial charge on any atom is 0.0355 e. The number of nitrogens with one attached hydrogen (secondary N) is 1. The van der Waals surface area contributed by atoms with Gasteiger partial charge in [0, 0.05) is 33.1 Å². The first-order chi connectivity index (χ1) is 14.5. The van der Waals surface area contributed by atoms with Crippen molar-refractivity contribution in [1.29, 1.82) is 0 Å². The number of nitrogens with zero attached hydrogens (tertiary/aromatic N) is 5. The number of rotatable bonds is 4. The van der Waals surface area contributed by atoms with E-state index in [1.54, 1.807) is 6.92 Å². The number of aromatic nitrogens is 2. The van der Waals surface area contributed by atoms with Crippen LogP contribution in [0.1, 0.15) is 19.8 Å². The van der Waals surface area contributed by atoms with Crippen LogP contribution in [0.5, 0.6) is 0 Å². The van der Waals surface area contributed by atoms with Gasteiger partial charge in [0.2, 0.25) is 5.91 Å². The maximum atomic E-state index is 14.3. The van der Waals surface area contributed by atoms with Gasteiger partial charge < -0.3 is 9.80 Å². The molecule has 0 saturated carbocycles. The van der Waals surface area contributed by atoms with Gasteiger partial charge in [0.1, 0.15) is 0 Å². The number of carbonyl (C=O) groups excluding carboxylic acids is 1. The van der Waals surface area contributed by atoms with Crippen molar-refractivity contribution in [2.45, 2.75) is 24.5 Å². The maximum Gasteiger partial charge on any atom is 0.0381 e. The molecule has 3 heterocycles. The number of hydrogen-bond acceptors (Lipinski definition) is 6. The van der Waals surface area contributed by atoms with Crippen molar-refractivity contribution < 1.29 is 9.18 Å². The second kappa shape index (κ2) is 9.21. The van der Waals surface area contributed by atoms with E-state index in [1.165, 1.54) is 6.20 Å². The quantitative estimate of drug-likeness (QED) is 0.691. The number of benzene rings is 1. The fraction of sp³-hybridized carbons (Fsp3) is 0.476. The molecule has 0 unspecified atom stereocenters. The summed E-state index contributed by atoms with van der Waals surface area (Å²) in [7, 11) is 0. The van der Waals surface area contributed by atoms with Gasteiger partial charge >= 0.3 is 131 Å². The van der Waals surface area contributed by atoms with Crippen LogP contribution in [0.3, 0.4) is 0 Å². The van der Waals surface area contributed by atoms with Crippen molar-refractivity contribution in [2.24, 2.45) is 0 Å². The smallest absolute Gasteiger partial charge is 0.0355 e. The monoisotopic (exact) mass is 472 g/mol. The molecule has 0 aliphatic carbocycles. The second-order valence-electron chi connectivity index (χ2n) is 7.75. The Morgan fingerprint density at radius 1 is 1.07 bits per heavy atom. The number of hydrogen-bond donors (Lipinski definition) is 1. The summed E-state index contributed by atoms with van der Waals surface area (Å²) in [6.45, 7) is 6.36. The minimum atomic E-state index is -0.385. The van der Waals surface area contributed by atoms with E-state index in [2.05, 4.69) is 37.0 Å². The van der Waals surface area contributed by atoms with E-state index in [4.69, 9.17) is 0 Å². The molecule has 2 fully saturated rings. The van der Waals surface area contributed by atoms with Gasteiger partial charge in [0.05, 0.1) is 0 Å². The molecule has 2 radical (unpaired) electrons. The second-order valence-corrected chi connectivity index (χ2v) is 9.28. The first-order valence-corrected chi connectivity index (χ1v) is 11.4. The van der Waals surface area contributed by atoms with Crippen molar-refractivity contribution in [1.82, 2.24) is 14.9 Å². The number of piperazine rings is 1. The molecule has 4 rings (SSSR count). The summed E-state index contributed by atoms with van der Waals surface area (Å²) in [5.41, 5.74) is 1.97. The van der Waals surface area contributed by atoms with E-state index in [1.807, 2.05) is 34.1 Å². The molecule has 9 heteroatoms. The molecular formula is C21H26AsFN6O. The molecule has 1 amide bonds. The Balaban J connectivity index is 1.40. The zero-order valence-corrected chi connectivity index (χ0v) is 19.0. The van der Waals surface area contributed by atoms with E-state index in [0.29, 0.717) is 16.5 Å². The van der Waals surface area contributed by atoms with Gasteiger partial charge in [-0.25, -0.2) is 0 Å². The first-order valence-electron chi connectivity index (χ1n) is 10.3. The molecule has 0 atom stereocenters. The Kier molecular flexibility index (Phi) is 6.42. The first kappa shape index (κ1) is 20.9. The predicted octanol–water partition coefficient (Wildman–Crippen LogP) is 2.59. The van der Waals surface area contributed by atoms with Crippen LogP contribution >= 0.6 is 0 Å². The summed E-state index contributed by atoms with van der Waals surface area (Å²) in [4.78, 5) is 26.2. The van der Waals surface area contributed by atoms with Crippen molar-refractivity contribution in [2.75, 3.05) is 54.4 Å². The van der Waals surface area contributed by atoms with Crippen LogP contribution in [-0.2, 0) is 4.79 Å². The topological polar surface area (TPSA) is 64.6 Å². The molecule has 0 bridgehead atoms. The fourth-order valence-corrected chi connectivity index (χ4v) is 4.37. The van der Waals surface area contributed by atoms with Gasteiger partial charge in [-0.15, -0.1) is 0 Å². The molecule has 1 aromatic carbocycles. The maximum absolute atomic E-state index is 14.3. The Morgan fingerprint density at radius 2 is 1.73 bits per heavy atom. The summed E-state index contributed by atoms with van der Waals surface area (Å²) < 4.78 is 14.9. The molecule has 1 aromatic heterocycles. The number of piperidine rings is 1. The van der Waals surface area contributed by atoms with E-state index < -0.39 is 0 Å². The van der Waals surface area contributed by atoms with E-state index in [-0.39, 0.29) is 11.7 Å². The van der Waals surface area contributed by atoms with Crippen LogP contribution in [0.2, 0.25) is 4.71 Å². The normalized spacial score (nSPS) is 17.9. The van der Waals surface area contributed by atoms with Crippen molar-refractivity contribution >= 4 is 45.9 Å². The molecule has 2 saturated heterocycles. The average Bonchev–Trinajstić information content (AvgIpc) is 2.76. The molecule has 1 N–H and O–H groups in total. The standard InChI is InChI=1S/C21H26AsFN6O/c1-15(30)27-10-12-28(13-11-27)18-4-2-17(3-5-18)25-21-24-14-19(23)20(26-21)29-8-6-16(22)7-9-29/h2-5,14,16H,6-13H2,1H3,(H,24,25,26). The molecular weight excluding hydrogens is 446 g/mol. The Labute approximate surface area is 185 Å². The molecule has 30 heavy (non-hydrogen) atoms. The van der Waals surface area contributed by atoms with E-state index in [0.717, 1.165) is 63.5 Å². The number of halogens is 1. The SMILES string of the molecule is CC(=O)N1CCN(c2ccc(Nc3ncc(F)c(N4CCC([As])CC4)n3)cc2)CC1. The van der Waals surface area contributed by atoms with Crippen LogP contribution in [0.15, 0.2) is 30.5 Å². The van der Waals surface area contributed by atoms with Crippen LogP contribution in [0.4, 0.5) is 27.5 Å². The van der Waals surface area contributed by atoms with Crippen LogP contribution in [0.25, 0.3) is 0 Å². The average molecular weight is 472 g/mol. The number of amides is 1. The summed E-state index contributed by atoms with van der Waals surface area (Å²) in [5, 5.41) is 3.18. The van der Waals surface area contributed by atoms with Crippen LogP contribution < -0.4 is 15.1 Å². The number of anilines is 4. The van der Waals surface area contributed by atoms with Gasteiger partial charge in [-0.2, -0.15) is 0 Å². The van der Waals surface area contributed by atoms with Crippen molar-refractivity contribution in [3.8, 4) is 0 Å². The summed E-state index contributed by atoms with van der Waals surface area (Å²) >= 11 is 2.69. The Morgan fingerprint density at radius 3 is 2.37 bits per heavy atom. The van der Waals surface area contributed by atoms with E-state index in [9.17, 15) is 9.18 Å². The summed E-state index contributed by atoms with van der Waals surface area (Å²) in [6, 6.07) is 8.03. The van der Waals surface area contributed by atoms with Gasteiger partial charge in [-0.05, 0) is 0 Å². The molecule has 7 nitrogen and oxygen atoms in total. The summed E-state index contributed by atoms with van der Waals surface area (Å²) in [6.07, 6.45) is 3.28. The van der Waals surface area contributed by atoms with Crippen LogP contribution in [0, 0.1) is 5.82 Å². The predicted molar refractivity (Wildman–Crippen MR) is 117 cm³/mol. The van der Waals surface area contributed by atoms with E-state index >= 15 is 0 Å². The number of carbonyl (C=O) groups is 1. The third kappa shape index (κ3) is 4.86. The molecule has 2 aromatic rings. The minimum absolute atomic E-state index is 0.131. The molecule has 2 aliphatic rings. The van der Waals surface area contributed by atoms with Gasteiger partial charge in [0.15, 0.2) is 0 Å². The van der Waals surface area contributed by atoms with Crippen LogP contribution in [-0.4, -0.2) is 76.9 Å². The zero-order chi connectivity index (χ0) is 21.1. The fourth-order valence-electron chi connectivity index (χ4n) is 3.88. The third-order valence-electron chi connectivity index (χ3n) is 5.70. The molecule has 0 spiro atoms. The Hall–Kier alpha value is -2.34. The third-order valence-corrected chi connectivity index (χ3v) is 6.79. The summed E-state index contributed by atoms with van der Waals surface area (Å²) in [5.74, 6) is 0.506. The zero-order valence-electron chi connectivity index (χ0n) is 17.1. The molecule has 2 aliphatic heterocycles.